The molecule has 1 fully saturated rings. The van der Waals surface area contributed by atoms with E-state index < -0.39 is 0 Å². The van der Waals surface area contributed by atoms with Gasteiger partial charge in [0.1, 0.15) is 6.04 Å². The maximum atomic E-state index is 11.6. The maximum Gasteiger partial charge on any atom is 0.323 e. The van der Waals surface area contributed by atoms with Gasteiger partial charge in [-0.25, -0.2) is 0 Å². The molecule has 1 atom stereocenters. The Bertz CT molecular complexity index is 240. The van der Waals surface area contributed by atoms with Crippen LogP contribution in [0.3, 0.4) is 0 Å². The SMILES string of the molecule is C=CCCCCCN1CCCCC1C(=O)OC. The van der Waals surface area contributed by atoms with E-state index >= 15 is 0 Å². The van der Waals surface area contributed by atoms with Gasteiger partial charge in [0.25, 0.3) is 0 Å². The number of methoxy groups -OCH3 is 1. The normalized spacial score (nSPS) is 21.1. The highest BCUT2D eigenvalue weighted by molar-refractivity contribution is 5.75. The molecule has 0 aromatic carbocycles. The van der Waals surface area contributed by atoms with Gasteiger partial charge in [0.2, 0.25) is 0 Å². The molecule has 0 bridgehead atoms. The predicted molar refractivity (Wildman–Crippen MR) is 69.9 cm³/mol. The van der Waals surface area contributed by atoms with Crippen LogP contribution in [0.5, 0.6) is 0 Å². The zero-order chi connectivity index (χ0) is 12.5. The third-order valence-corrected chi connectivity index (χ3v) is 3.44. The van der Waals surface area contributed by atoms with E-state index in [0.29, 0.717) is 0 Å². The molecule has 1 heterocycles. The number of esters is 1. The van der Waals surface area contributed by atoms with E-state index in [0.717, 1.165) is 32.4 Å². The molecule has 1 rings (SSSR count). The Labute approximate surface area is 105 Å². The van der Waals surface area contributed by atoms with E-state index in [1.165, 1.54) is 32.8 Å². The molecule has 1 unspecified atom stereocenters. The Morgan fingerprint density at radius 1 is 1.41 bits per heavy atom. The molecule has 3 heteroatoms. The van der Waals surface area contributed by atoms with E-state index in [1.54, 1.807) is 0 Å². The van der Waals surface area contributed by atoms with Gasteiger partial charge in [-0.05, 0) is 45.2 Å². The highest BCUT2D eigenvalue weighted by Gasteiger charge is 2.28. The molecule has 1 aliphatic rings. The fourth-order valence-electron chi connectivity index (χ4n) is 2.44. The van der Waals surface area contributed by atoms with Gasteiger partial charge in [-0.15, -0.1) is 6.58 Å². The summed E-state index contributed by atoms with van der Waals surface area (Å²) in [5.74, 6) is -0.0595. The quantitative estimate of drug-likeness (QED) is 0.389. The van der Waals surface area contributed by atoms with Gasteiger partial charge in [0, 0.05) is 0 Å². The lowest BCUT2D eigenvalue weighted by molar-refractivity contribution is -0.148. The fourth-order valence-corrected chi connectivity index (χ4v) is 2.44. The van der Waals surface area contributed by atoms with Crippen molar-refractivity contribution < 1.29 is 9.53 Å². The molecule has 17 heavy (non-hydrogen) atoms. The minimum absolute atomic E-state index is 0.00755. The van der Waals surface area contributed by atoms with E-state index in [9.17, 15) is 4.79 Å². The molecule has 0 aromatic rings. The lowest BCUT2D eigenvalue weighted by atomic mass is 10.0. The van der Waals surface area contributed by atoms with Crippen LogP contribution in [0.15, 0.2) is 12.7 Å². The number of nitrogens with zero attached hydrogens (tertiary/aromatic N) is 1. The first-order valence-electron chi connectivity index (χ1n) is 6.72. The van der Waals surface area contributed by atoms with Crippen LogP contribution in [-0.2, 0) is 9.53 Å². The van der Waals surface area contributed by atoms with E-state index in [1.807, 2.05) is 6.08 Å². The number of likely N-dealkylation sites (tertiary alicyclic amines) is 1. The number of ether oxygens (including phenoxy) is 1. The standard InChI is InChI=1S/C14H25NO2/c1-3-4-5-6-8-11-15-12-9-7-10-13(15)14(16)17-2/h3,13H,1,4-12H2,2H3. The average Bonchev–Trinajstić information content (AvgIpc) is 2.38. The van der Waals surface area contributed by atoms with Crippen LogP contribution in [0, 0.1) is 0 Å². The molecule has 3 nitrogen and oxygen atoms in total. The van der Waals surface area contributed by atoms with Crippen molar-refractivity contribution in [1.82, 2.24) is 4.90 Å². The minimum Gasteiger partial charge on any atom is -0.468 e. The number of rotatable bonds is 7. The number of unbranched alkanes of at least 4 members (excludes halogenated alkanes) is 3. The van der Waals surface area contributed by atoms with Gasteiger partial charge in [-0.2, -0.15) is 0 Å². The molecular formula is C14H25NO2. The topological polar surface area (TPSA) is 29.5 Å². The van der Waals surface area contributed by atoms with E-state index in [2.05, 4.69) is 11.5 Å². The molecule has 0 amide bonds. The Kier molecular flexibility index (Phi) is 6.94. The molecule has 0 saturated carbocycles. The summed E-state index contributed by atoms with van der Waals surface area (Å²) in [5, 5.41) is 0. The third-order valence-electron chi connectivity index (χ3n) is 3.44. The average molecular weight is 239 g/mol. The van der Waals surface area contributed by atoms with Crippen LogP contribution in [0.1, 0.15) is 44.9 Å². The lowest BCUT2D eigenvalue weighted by Gasteiger charge is -2.33. The minimum atomic E-state index is -0.0595. The van der Waals surface area contributed by atoms with Crippen molar-refractivity contribution in [3.8, 4) is 0 Å². The van der Waals surface area contributed by atoms with Crippen LogP contribution in [-0.4, -0.2) is 37.1 Å². The summed E-state index contributed by atoms with van der Waals surface area (Å²) in [6.07, 6.45) is 9.97. The lowest BCUT2D eigenvalue weighted by Crippen LogP contribution is -2.45. The van der Waals surface area contributed by atoms with Gasteiger partial charge < -0.3 is 4.74 Å². The Hall–Kier alpha value is -0.830. The van der Waals surface area contributed by atoms with Crippen molar-refractivity contribution >= 4 is 5.97 Å². The molecule has 0 N–H and O–H groups in total. The monoisotopic (exact) mass is 239 g/mol. The third kappa shape index (κ3) is 4.90. The van der Waals surface area contributed by atoms with Crippen LogP contribution in [0.4, 0.5) is 0 Å². The highest BCUT2D eigenvalue weighted by Crippen LogP contribution is 2.18. The maximum absolute atomic E-state index is 11.6. The second kappa shape index (κ2) is 8.29. The van der Waals surface area contributed by atoms with Crippen molar-refractivity contribution in [1.29, 1.82) is 0 Å². The zero-order valence-corrected chi connectivity index (χ0v) is 11.0. The van der Waals surface area contributed by atoms with Gasteiger partial charge >= 0.3 is 5.97 Å². The number of hydrogen-bond acceptors (Lipinski definition) is 3. The zero-order valence-electron chi connectivity index (χ0n) is 11.0. The molecular weight excluding hydrogens is 214 g/mol. The summed E-state index contributed by atoms with van der Waals surface area (Å²) in [4.78, 5) is 13.9. The first-order valence-corrected chi connectivity index (χ1v) is 6.72. The summed E-state index contributed by atoms with van der Waals surface area (Å²) < 4.78 is 4.87. The van der Waals surface area contributed by atoms with Crippen LogP contribution in [0.25, 0.3) is 0 Å². The van der Waals surface area contributed by atoms with Gasteiger partial charge in [-0.1, -0.05) is 18.9 Å². The van der Waals surface area contributed by atoms with Crippen molar-refractivity contribution in [2.75, 3.05) is 20.2 Å². The summed E-state index contributed by atoms with van der Waals surface area (Å²) in [6.45, 7) is 5.79. The molecule has 0 spiro atoms. The Morgan fingerprint density at radius 3 is 2.94 bits per heavy atom. The summed E-state index contributed by atoms with van der Waals surface area (Å²) in [7, 11) is 1.49. The first-order chi connectivity index (χ1) is 8.29. The predicted octanol–water partition coefficient (Wildman–Crippen LogP) is 2.76. The van der Waals surface area contributed by atoms with Gasteiger partial charge in [-0.3, -0.25) is 9.69 Å². The Balaban J connectivity index is 2.27. The first kappa shape index (κ1) is 14.2. The summed E-state index contributed by atoms with van der Waals surface area (Å²) in [6, 6.07) is 0.00755. The fraction of sp³-hybridized carbons (Fsp3) is 0.786. The van der Waals surface area contributed by atoms with Crippen molar-refractivity contribution in [3.05, 3.63) is 12.7 Å². The van der Waals surface area contributed by atoms with Crippen LogP contribution < -0.4 is 0 Å². The summed E-state index contributed by atoms with van der Waals surface area (Å²) >= 11 is 0. The van der Waals surface area contributed by atoms with Crippen molar-refractivity contribution in [2.24, 2.45) is 0 Å². The Morgan fingerprint density at radius 2 is 2.24 bits per heavy atom. The van der Waals surface area contributed by atoms with Crippen LogP contribution >= 0.6 is 0 Å². The highest BCUT2D eigenvalue weighted by atomic mass is 16.5. The number of hydrogen-bond donors (Lipinski definition) is 0. The smallest absolute Gasteiger partial charge is 0.323 e. The van der Waals surface area contributed by atoms with E-state index in [-0.39, 0.29) is 12.0 Å². The number of carbonyl (C=O) groups excluding carboxylic acids is 1. The van der Waals surface area contributed by atoms with Crippen molar-refractivity contribution in [2.45, 2.75) is 51.0 Å². The molecule has 0 radical (unpaired) electrons. The largest absolute Gasteiger partial charge is 0.468 e. The molecule has 0 aromatic heterocycles. The molecule has 1 saturated heterocycles. The molecule has 98 valence electrons. The second-order valence-corrected chi connectivity index (χ2v) is 4.71. The summed E-state index contributed by atoms with van der Waals surface area (Å²) in [5.41, 5.74) is 0. The van der Waals surface area contributed by atoms with Gasteiger partial charge in [0.15, 0.2) is 0 Å². The number of piperidine rings is 1. The van der Waals surface area contributed by atoms with E-state index in [4.69, 9.17) is 4.74 Å². The second-order valence-electron chi connectivity index (χ2n) is 4.71. The van der Waals surface area contributed by atoms with Gasteiger partial charge in [0.05, 0.1) is 7.11 Å². The van der Waals surface area contributed by atoms with Crippen LogP contribution in [0.2, 0.25) is 0 Å². The molecule has 1 aliphatic heterocycles. The molecule has 0 aliphatic carbocycles. The van der Waals surface area contributed by atoms with Crippen molar-refractivity contribution in [3.63, 3.8) is 0 Å². The number of allylic oxidation sites excluding steroid dienone is 1. The number of carbonyl (C=O) groups is 1.